The number of carbonyl (C=O) groups excluding carboxylic acids is 1. The van der Waals surface area contributed by atoms with E-state index in [0.717, 1.165) is 33.6 Å². The lowest BCUT2D eigenvalue weighted by Gasteiger charge is -2.14. The Morgan fingerprint density at radius 2 is 1.57 bits per heavy atom. The van der Waals surface area contributed by atoms with Crippen LogP contribution in [-0.4, -0.2) is 15.9 Å². The second kappa shape index (κ2) is 8.21. The molecule has 0 fully saturated rings. The number of aryl methyl sites for hydroxylation is 5. The van der Waals surface area contributed by atoms with Gasteiger partial charge in [0.25, 0.3) is 5.91 Å². The van der Waals surface area contributed by atoms with E-state index in [-0.39, 0.29) is 5.91 Å². The number of carbonyl (C=O) groups is 1. The van der Waals surface area contributed by atoms with Crippen LogP contribution in [0.3, 0.4) is 0 Å². The Hall–Kier alpha value is -3.21. The van der Waals surface area contributed by atoms with Crippen LogP contribution in [0, 0.1) is 34.6 Å². The fraction of sp³-hybridized carbons (Fsp3) is 0.261. The second-order valence-corrected chi connectivity index (χ2v) is 7.23. The first-order valence-corrected chi connectivity index (χ1v) is 9.37. The topological polar surface area (TPSA) is 66.9 Å². The Bertz CT molecular complexity index is 1000. The molecule has 1 heterocycles. The minimum Gasteiger partial charge on any atom is -0.347 e. The van der Waals surface area contributed by atoms with Gasteiger partial charge in [-0.25, -0.2) is 9.97 Å². The lowest BCUT2D eigenvalue weighted by molar-refractivity contribution is 0.0945. The van der Waals surface area contributed by atoms with Crippen LogP contribution in [0.25, 0.3) is 0 Å². The van der Waals surface area contributed by atoms with E-state index in [1.54, 1.807) is 6.07 Å². The van der Waals surface area contributed by atoms with Crippen molar-refractivity contribution in [1.29, 1.82) is 0 Å². The summed E-state index contributed by atoms with van der Waals surface area (Å²) in [6.07, 6.45) is 0. The molecular weight excluding hydrogens is 348 g/mol. The minimum absolute atomic E-state index is 0.214. The van der Waals surface area contributed by atoms with Crippen LogP contribution in [0.15, 0.2) is 42.5 Å². The molecule has 0 spiro atoms. The quantitative estimate of drug-likeness (QED) is 0.680. The molecule has 0 aliphatic rings. The highest BCUT2D eigenvalue weighted by Gasteiger charge is 2.13. The van der Waals surface area contributed by atoms with Gasteiger partial charge in [0.1, 0.15) is 5.69 Å². The molecule has 0 atom stereocenters. The number of hydrogen-bond donors (Lipinski definition) is 2. The predicted octanol–water partition coefficient (Wildman–Crippen LogP) is 4.69. The minimum atomic E-state index is -0.214. The Balaban J connectivity index is 1.80. The first-order valence-electron chi connectivity index (χ1n) is 9.37. The summed E-state index contributed by atoms with van der Waals surface area (Å²) in [4.78, 5) is 21.5. The fourth-order valence-electron chi connectivity index (χ4n) is 3.30. The van der Waals surface area contributed by atoms with Gasteiger partial charge in [-0.3, -0.25) is 4.79 Å². The summed E-state index contributed by atoms with van der Waals surface area (Å²) >= 11 is 0. The van der Waals surface area contributed by atoms with Gasteiger partial charge in [-0.05, 0) is 62.9 Å². The van der Waals surface area contributed by atoms with Crippen molar-refractivity contribution in [1.82, 2.24) is 15.3 Å². The van der Waals surface area contributed by atoms with Crippen molar-refractivity contribution in [2.45, 2.75) is 41.2 Å². The molecule has 144 valence electrons. The van der Waals surface area contributed by atoms with E-state index in [2.05, 4.69) is 39.7 Å². The Morgan fingerprint density at radius 1 is 0.893 bits per heavy atom. The summed E-state index contributed by atoms with van der Waals surface area (Å²) in [5.41, 5.74) is 7.75. The van der Waals surface area contributed by atoms with Gasteiger partial charge in [-0.15, -0.1) is 0 Å². The average molecular weight is 374 g/mol. The van der Waals surface area contributed by atoms with E-state index in [4.69, 9.17) is 0 Å². The van der Waals surface area contributed by atoms with Gasteiger partial charge in [0.15, 0.2) is 0 Å². The maximum absolute atomic E-state index is 12.6. The molecule has 1 aromatic heterocycles. The maximum Gasteiger partial charge on any atom is 0.270 e. The zero-order chi connectivity index (χ0) is 20.3. The molecule has 0 aliphatic heterocycles. The molecule has 2 N–H and O–H groups in total. The largest absolute Gasteiger partial charge is 0.347 e. The highest BCUT2D eigenvalue weighted by molar-refractivity contribution is 5.92. The first kappa shape index (κ1) is 19.5. The predicted molar refractivity (Wildman–Crippen MR) is 113 cm³/mol. The molecule has 5 heteroatoms. The van der Waals surface area contributed by atoms with Gasteiger partial charge >= 0.3 is 0 Å². The van der Waals surface area contributed by atoms with Crippen molar-refractivity contribution < 1.29 is 4.79 Å². The number of benzene rings is 2. The van der Waals surface area contributed by atoms with Crippen LogP contribution in [0.5, 0.6) is 0 Å². The standard InChI is InChI=1S/C23H26N4O/c1-14-10-16(3)21(17(4)11-14)27-23-25-18(5)12-20(26-23)22(28)24-13-19-9-7-6-8-15(19)2/h6-12H,13H2,1-5H3,(H,24,28)(H,25,26,27). The highest BCUT2D eigenvalue weighted by Crippen LogP contribution is 2.24. The van der Waals surface area contributed by atoms with Crippen molar-refractivity contribution in [2.24, 2.45) is 0 Å². The van der Waals surface area contributed by atoms with Crippen LogP contribution in [-0.2, 0) is 6.54 Å². The summed E-state index contributed by atoms with van der Waals surface area (Å²) in [5.74, 6) is 0.213. The van der Waals surface area contributed by atoms with E-state index in [0.29, 0.717) is 18.2 Å². The highest BCUT2D eigenvalue weighted by atomic mass is 16.1. The van der Waals surface area contributed by atoms with Gasteiger partial charge in [0.2, 0.25) is 5.95 Å². The van der Waals surface area contributed by atoms with Gasteiger partial charge in [0, 0.05) is 17.9 Å². The molecule has 0 bridgehead atoms. The third-order valence-electron chi connectivity index (χ3n) is 4.70. The molecular formula is C23H26N4O. The molecule has 3 aromatic rings. The molecule has 0 aliphatic carbocycles. The number of rotatable bonds is 5. The third-order valence-corrected chi connectivity index (χ3v) is 4.70. The van der Waals surface area contributed by atoms with Crippen molar-refractivity contribution in [2.75, 3.05) is 5.32 Å². The van der Waals surface area contributed by atoms with E-state index in [1.165, 1.54) is 5.56 Å². The summed E-state index contributed by atoms with van der Waals surface area (Å²) in [6.45, 7) is 10.5. The SMILES string of the molecule is Cc1cc(C)c(Nc2nc(C)cc(C(=O)NCc3ccccc3C)n2)c(C)c1. The lowest BCUT2D eigenvalue weighted by atomic mass is 10.1. The Labute approximate surface area is 166 Å². The number of hydrogen-bond acceptors (Lipinski definition) is 4. The van der Waals surface area contributed by atoms with Crippen molar-refractivity contribution in [3.05, 3.63) is 81.7 Å². The average Bonchev–Trinajstić information content (AvgIpc) is 2.63. The number of anilines is 2. The second-order valence-electron chi connectivity index (χ2n) is 7.23. The van der Waals surface area contributed by atoms with Gasteiger partial charge < -0.3 is 10.6 Å². The normalized spacial score (nSPS) is 10.6. The zero-order valence-corrected chi connectivity index (χ0v) is 17.1. The van der Waals surface area contributed by atoms with Crippen LogP contribution >= 0.6 is 0 Å². The molecule has 0 unspecified atom stereocenters. The van der Waals surface area contributed by atoms with E-state index in [1.807, 2.05) is 52.0 Å². The maximum atomic E-state index is 12.6. The van der Waals surface area contributed by atoms with Crippen molar-refractivity contribution in [3.8, 4) is 0 Å². The number of nitrogens with zero attached hydrogens (tertiary/aromatic N) is 2. The van der Waals surface area contributed by atoms with Crippen LogP contribution < -0.4 is 10.6 Å². The molecule has 0 radical (unpaired) electrons. The van der Waals surface area contributed by atoms with Gasteiger partial charge in [-0.1, -0.05) is 42.0 Å². The van der Waals surface area contributed by atoms with Crippen molar-refractivity contribution >= 4 is 17.5 Å². The molecule has 0 saturated carbocycles. The number of aromatic nitrogens is 2. The van der Waals surface area contributed by atoms with Gasteiger partial charge in [0.05, 0.1) is 0 Å². The summed E-state index contributed by atoms with van der Waals surface area (Å²) in [5, 5.41) is 6.23. The van der Waals surface area contributed by atoms with Crippen LogP contribution in [0.1, 0.15) is 44.0 Å². The smallest absolute Gasteiger partial charge is 0.270 e. The Kier molecular flexibility index (Phi) is 5.73. The molecule has 1 amide bonds. The molecule has 28 heavy (non-hydrogen) atoms. The first-order chi connectivity index (χ1) is 13.3. The molecule has 0 saturated heterocycles. The fourth-order valence-corrected chi connectivity index (χ4v) is 3.30. The van der Waals surface area contributed by atoms with E-state index >= 15 is 0 Å². The molecule has 5 nitrogen and oxygen atoms in total. The molecule has 3 rings (SSSR count). The van der Waals surface area contributed by atoms with Crippen molar-refractivity contribution in [3.63, 3.8) is 0 Å². The third kappa shape index (κ3) is 4.55. The summed E-state index contributed by atoms with van der Waals surface area (Å²) in [6, 6.07) is 13.9. The van der Waals surface area contributed by atoms with Crippen LogP contribution in [0.2, 0.25) is 0 Å². The van der Waals surface area contributed by atoms with E-state index < -0.39 is 0 Å². The Morgan fingerprint density at radius 3 is 2.25 bits per heavy atom. The molecule has 2 aromatic carbocycles. The number of nitrogens with one attached hydrogen (secondary N) is 2. The number of amides is 1. The van der Waals surface area contributed by atoms with Crippen LogP contribution in [0.4, 0.5) is 11.6 Å². The summed E-state index contributed by atoms with van der Waals surface area (Å²) in [7, 11) is 0. The van der Waals surface area contributed by atoms with Gasteiger partial charge in [-0.2, -0.15) is 0 Å². The monoisotopic (exact) mass is 374 g/mol. The van der Waals surface area contributed by atoms with E-state index in [9.17, 15) is 4.79 Å². The zero-order valence-electron chi connectivity index (χ0n) is 17.1. The summed E-state index contributed by atoms with van der Waals surface area (Å²) < 4.78 is 0. The lowest BCUT2D eigenvalue weighted by Crippen LogP contribution is -2.24.